The third kappa shape index (κ3) is 4.08. The molecule has 27 heavy (non-hydrogen) atoms. The highest BCUT2D eigenvalue weighted by Crippen LogP contribution is 2.24. The van der Waals surface area contributed by atoms with E-state index in [4.69, 9.17) is 9.84 Å². The summed E-state index contributed by atoms with van der Waals surface area (Å²) in [5, 5.41) is 15.4. The first kappa shape index (κ1) is 18.8. The Kier molecular flexibility index (Phi) is 5.70. The van der Waals surface area contributed by atoms with Gasteiger partial charge in [-0.3, -0.25) is 14.8 Å². The van der Waals surface area contributed by atoms with E-state index in [1.807, 2.05) is 0 Å². The number of benzene rings is 1. The fraction of sp³-hybridized carbons (Fsp3) is 0.389. The number of nitrogens with one attached hydrogen (secondary N) is 1. The van der Waals surface area contributed by atoms with Crippen molar-refractivity contribution in [2.45, 2.75) is 13.0 Å². The number of carboxylic acid groups (broad SMARTS) is 1. The average molecular weight is 376 g/mol. The van der Waals surface area contributed by atoms with Crippen LogP contribution in [0.2, 0.25) is 0 Å². The molecule has 1 amide bonds. The van der Waals surface area contributed by atoms with E-state index in [0.29, 0.717) is 38.3 Å². The number of carbonyl (C=O) groups is 2. The van der Waals surface area contributed by atoms with Gasteiger partial charge in [0, 0.05) is 38.3 Å². The molecule has 1 aromatic heterocycles. The highest BCUT2D eigenvalue weighted by atomic mass is 19.1. The number of aromatic carboxylic acids is 1. The van der Waals surface area contributed by atoms with Gasteiger partial charge in [0.1, 0.15) is 5.69 Å². The van der Waals surface area contributed by atoms with E-state index < -0.39 is 11.8 Å². The molecule has 144 valence electrons. The first-order chi connectivity index (χ1) is 13.0. The van der Waals surface area contributed by atoms with Crippen LogP contribution < -0.4 is 4.74 Å². The molecule has 0 radical (unpaired) electrons. The number of carbonyl (C=O) groups excluding carboxylic acids is 1. The number of aromatic nitrogens is 2. The normalized spacial score (nSPS) is 15.4. The van der Waals surface area contributed by atoms with Crippen molar-refractivity contribution < 1.29 is 23.8 Å². The van der Waals surface area contributed by atoms with Crippen LogP contribution in [-0.2, 0) is 6.54 Å². The number of rotatable bonds is 5. The molecule has 0 unspecified atom stereocenters. The van der Waals surface area contributed by atoms with E-state index in [2.05, 4.69) is 15.1 Å². The standard InChI is InChI=1S/C18H21FN4O4/c1-27-16-13(4-2-5-14(16)19)17(24)23-7-3-6-22(8-9-23)11-12-10-20-21-15(12)18(25)26/h2,4-5,10H,3,6-9,11H2,1H3,(H,20,21)(H,25,26). The molecule has 1 fully saturated rings. The Morgan fingerprint density at radius 1 is 1.30 bits per heavy atom. The molecular weight excluding hydrogens is 355 g/mol. The molecule has 1 aliphatic heterocycles. The number of hydrogen-bond acceptors (Lipinski definition) is 5. The molecular formula is C18H21FN4O4. The molecule has 0 atom stereocenters. The lowest BCUT2D eigenvalue weighted by Crippen LogP contribution is -2.35. The minimum atomic E-state index is -1.05. The van der Waals surface area contributed by atoms with Gasteiger partial charge in [0.25, 0.3) is 5.91 Å². The summed E-state index contributed by atoms with van der Waals surface area (Å²) in [6.45, 7) is 2.72. The van der Waals surface area contributed by atoms with E-state index in [1.54, 1.807) is 11.0 Å². The fourth-order valence-corrected chi connectivity index (χ4v) is 3.24. The number of aromatic amines is 1. The molecule has 2 aromatic rings. The van der Waals surface area contributed by atoms with Crippen molar-refractivity contribution in [1.82, 2.24) is 20.0 Å². The van der Waals surface area contributed by atoms with Crippen LogP contribution in [0.15, 0.2) is 24.4 Å². The van der Waals surface area contributed by atoms with Crippen molar-refractivity contribution in [2.24, 2.45) is 0 Å². The number of hydrogen-bond donors (Lipinski definition) is 2. The van der Waals surface area contributed by atoms with Crippen LogP contribution in [-0.4, -0.2) is 70.3 Å². The van der Waals surface area contributed by atoms with Gasteiger partial charge in [0.2, 0.25) is 0 Å². The Balaban J connectivity index is 1.68. The van der Waals surface area contributed by atoms with Gasteiger partial charge in [-0.05, 0) is 18.6 Å². The predicted molar refractivity (Wildman–Crippen MR) is 94.3 cm³/mol. The third-order valence-electron chi connectivity index (χ3n) is 4.60. The fourth-order valence-electron chi connectivity index (χ4n) is 3.24. The van der Waals surface area contributed by atoms with Crippen molar-refractivity contribution in [2.75, 3.05) is 33.3 Å². The van der Waals surface area contributed by atoms with Crippen LogP contribution in [0.1, 0.15) is 32.8 Å². The minimum Gasteiger partial charge on any atom is -0.493 e. The van der Waals surface area contributed by atoms with Crippen LogP contribution in [0.5, 0.6) is 5.75 Å². The van der Waals surface area contributed by atoms with E-state index in [9.17, 15) is 14.0 Å². The highest BCUT2D eigenvalue weighted by molar-refractivity contribution is 5.97. The molecule has 8 nitrogen and oxygen atoms in total. The number of halogens is 1. The molecule has 1 aromatic carbocycles. The van der Waals surface area contributed by atoms with Gasteiger partial charge >= 0.3 is 5.97 Å². The van der Waals surface area contributed by atoms with Crippen molar-refractivity contribution in [3.8, 4) is 5.75 Å². The molecule has 2 heterocycles. The van der Waals surface area contributed by atoms with E-state index in [1.165, 1.54) is 25.4 Å². The Hall–Kier alpha value is -2.94. The Morgan fingerprint density at radius 3 is 2.85 bits per heavy atom. The van der Waals surface area contributed by atoms with Crippen molar-refractivity contribution in [3.05, 3.63) is 47.0 Å². The van der Waals surface area contributed by atoms with Crippen molar-refractivity contribution in [3.63, 3.8) is 0 Å². The molecule has 1 aliphatic rings. The molecule has 9 heteroatoms. The molecule has 1 saturated heterocycles. The monoisotopic (exact) mass is 376 g/mol. The zero-order chi connectivity index (χ0) is 19.4. The third-order valence-corrected chi connectivity index (χ3v) is 4.60. The lowest BCUT2D eigenvalue weighted by molar-refractivity contribution is 0.0687. The second-order valence-corrected chi connectivity index (χ2v) is 6.32. The Morgan fingerprint density at radius 2 is 2.11 bits per heavy atom. The summed E-state index contributed by atoms with van der Waals surface area (Å²) in [5.74, 6) is -1.94. The van der Waals surface area contributed by atoms with Gasteiger partial charge < -0.3 is 14.7 Å². The molecule has 0 spiro atoms. The van der Waals surface area contributed by atoms with Crippen LogP contribution in [0.25, 0.3) is 0 Å². The number of ether oxygens (including phenoxy) is 1. The Labute approximate surface area is 155 Å². The molecule has 0 aliphatic carbocycles. The molecule has 3 rings (SSSR count). The van der Waals surface area contributed by atoms with Crippen LogP contribution >= 0.6 is 0 Å². The topological polar surface area (TPSA) is 98.8 Å². The minimum absolute atomic E-state index is 0.0481. The summed E-state index contributed by atoms with van der Waals surface area (Å²) in [6.07, 6.45) is 2.23. The lowest BCUT2D eigenvalue weighted by atomic mass is 10.1. The summed E-state index contributed by atoms with van der Waals surface area (Å²) in [5.41, 5.74) is 0.889. The van der Waals surface area contributed by atoms with Crippen LogP contribution in [0.3, 0.4) is 0 Å². The molecule has 0 saturated carbocycles. The van der Waals surface area contributed by atoms with E-state index in [0.717, 1.165) is 6.42 Å². The number of H-pyrrole nitrogens is 1. The number of methoxy groups -OCH3 is 1. The molecule has 0 bridgehead atoms. The summed E-state index contributed by atoms with van der Waals surface area (Å²) in [4.78, 5) is 27.8. The van der Waals surface area contributed by atoms with Crippen molar-refractivity contribution in [1.29, 1.82) is 0 Å². The number of carboxylic acids is 1. The van der Waals surface area contributed by atoms with Gasteiger partial charge in [0.05, 0.1) is 18.9 Å². The summed E-state index contributed by atoms with van der Waals surface area (Å²) in [7, 11) is 1.34. The summed E-state index contributed by atoms with van der Waals surface area (Å²) >= 11 is 0. The van der Waals surface area contributed by atoms with E-state index in [-0.39, 0.29) is 22.9 Å². The quantitative estimate of drug-likeness (QED) is 0.823. The average Bonchev–Trinajstić information content (AvgIpc) is 2.99. The SMILES string of the molecule is COc1c(F)cccc1C(=O)N1CCCN(Cc2cn[nH]c2C(=O)O)CC1. The number of para-hydroxylation sites is 1. The maximum Gasteiger partial charge on any atom is 0.354 e. The second-order valence-electron chi connectivity index (χ2n) is 6.32. The first-order valence-electron chi connectivity index (χ1n) is 8.61. The van der Waals surface area contributed by atoms with Gasteiger partial charge in [-0.2, -0.15) is 5.10 Å². The molecule has 2 N–H and O–H groups in total. The number of amides is 1. The first-order valence-corrected chi connectivity index (χ1v) is 8.61. The van der Waals surface area contributed by atoms with Crippen LogP contribution in [0, 0.1) is 5.82 Å². The maximum absolute atomic E-state index is 13.9. The maximum atomic E-state index is 13.9. The summed E-state index contributed by atoms with van der Waals surface area (Å²) < 4.78 is 18.9. The Bertz CT molecular complexity index is 839. The van der Waals surface area contributed by atoms with Gasteiger partial charge in [-0.15, -0.1) is 0 Å². The van der Waals surface area contributed by atoms with Gasteiger partial charge in [-0.25, -0.2) is 9.18 Å². The van der Waals surface area contributed by atoms with Gasteiger partial charge in [0.15, 0.2) is 11.6 Å². The van der Waals surface area contributed by atoms with E-state index >= 15 is 0 Å². The summed E-state index contributed by atoms with van der Waals surface area (Å²) in [6, 6.07) is 4.30. The second kappa shape index (κ2) is 8.17. The predicted octanol–water partition coefficient (Wildman–Crippen LogP) is 1.60. The largest absolute Gasteiger partial charge is 0.493 e. The van der Waals surface area contributed by atoms with Gasteiger partial charge in [-0.1, -0.05) is 6.07 Å². The zero-order valence-corrected chi connectivity index (χ0v) is 14.9. The number of nitrogens with zero attached hydrogens (tertiary/aromatic N) is 3. The van der Waals surface area contributed by atoms with Crippen LogP contribution in [0.4, 0.5) is 4.39 Å². The zero-order valence-electron chi connectivity index (χ0n) is 14.9. The smallest absolute Gasteiger partial charge is 0.354 e. The highest BCUT2D eigenvalue weighted by Gasteiger charge is 2.25. The van der Waals surface area contributed by atoms with Crippen molar-refractivity contribution >= 4 is 11.9 Å². The lowest BCUT2D eigenvalue weighted by Gasteiger charge is -2.22.